The largest absolute Gasteiger partial charge is 0.352 e. The molecule has 136 valence electrons. The third-order valence-corrected chi connectivity index (χ3v) is 6.66. The molecule has 1 aliphatic rings. The van der Waals surface area contributed by atoms with E-state index in [2.05, 4.69) is 44.2 Å². The second-order valence-corrected chi connectivity index (χ2v) is 8.36. The molecule has 1 N–H and O–H groups in total. The van der Waals surface area contributed by atoms with Crippen molar-refractivity contribution in [2.45, 2.75) is 32.4 Å². The van der Waals surface area contributed by atoms with Crippen molar-refractivity contribution in [3.63, 3.8) is 0 Å². The van der Waals surface area contributed by atoms with Crippen LogP contribution >= 0.6 is 22.7 Å². The minimum absolute atomic E-state index is 0.0333. The van der Waals surface area contributed by atoms with Crippen LogP contribution in [0.15, 0.2) is 42.0 Å². The average molecular weight is 387 g/mol. The molecule has 1 unspecified atom stereocenters. The topological polar surface area (TPSA) is 50.2 Å². The number of nitrogens with one attached hydrogen (secondary N) is 1. The number of likely N-dealkylation sites (tertiary alicyclic amines) is 1. The highest BCUT2D eigenvalue weighted by molar-refractivity contribution is 7.14. The van der Waals surface area contributed by atoms with Gasteiger partial charge < -0.3 is 5.32 Å². The van der Waals surface area contributed by atoms with Crippen molar-refractivity contribution in [1.29, 1.82) is 0 Å². The lowest BCUT2D eigenvalue weighted by Crippen LogP contribution is -2.23. The van der Waals surface area contributed by atoms with Crippen LogP contribution in [0.4, 0.5) is 0 Å². The van der Waals surface area contributed by atoms with Gasteiger partial charge in [-0.05, 0) is 50.6 Å². The lowest BCUT2D eigenvalue weighted by molar-refractivity contribution is 0.0960. The first kappa shape index (κ1) is 17.5. The Labute approximate surface area is 161 Å². The number of hydrogen-bond donors (Lipinski definition) is 1. The Morgan fingerprint density at radius 1 is 1.38 bits per heavy atom. The first-order chi connectivity index (χ1) is 12.8. The Kier molecular flexibility index (Phi) is 5.19. The fourth-order valence-electron chi connectivity index (χ4n) is 3.51. The summed E-state index contributed by atoms with van der Waals surface area (Å²) in [7, 11) is 0. The van der Waals surface area contributed by atoms with Crippen molar-refractivity contribution in [3.8, 4) is 5.13 Å². The highest BCUT2D eigenvalue weighted by Crippen LogP contribution is 2.37. The van der Waals surface area contributed by atoms with E-state index in [0.29, 0.717) is 12.6 Å². The number of nitrogens with zero attached hydrogens (tertiary/aromatic N) is 3. The fourth-order valence-corrected chi connectivity index (χ4v) is 5.26. The van der Waals surface area contributed by atoms with Gasteiger partial charge in [-0.3, -0.25) is 14.3 Å². The van der Waals surface area contributed by atoms with Crippen molar-refractivity contribution < 1.29 is 4.79 Å². The minimum Gasteiger partial charge on any atom is -0.352 e. The maximum Gasteiger partial charge on any atom is 0.261 e. The number of aromatic nitrogens is 2. The van der Waals surface area contributed by atoms with Crippen LogP contribution in [-0.2, 0) is 6.54 Å². The van der Waals surface area contributed by atoms with Gasteiger partial charge in [-0.2, -0.15) is 0 Å². The number of carbonyl (C=O) groups excluding carboxylic acids is 1. The lowest BCUT2D eigenvalue weighted by Gasteiger charge is -2.24. The molecule has 1 fully saturated rings. The monoisotopic (exact) mass is 386 g/mol. The Balaban J connectivity index is 1.51. The van der Waals surface area contributed by atoms with E-state index < -0.39 is 0 Å². The van der Waals surface area contributed by atoms with Gasteiger partial charge in [0, 0.05) is 47.5 Å². The molecule has 26 heavy (non-hydrogen) atoms. The molecule has 7 heteroatoms. The van der Waals surface area contributed by atoms with Crippen molar-refractivity contribution in [1.82, 2.24) is 19.8 Å². The van der Waals surface area contributed by atoms with Crippen molar-refractivity contribution in [3.05, 3.63) is 57.5 Å². The van der Waals surface area contributed by atoms with Gasteiger partial charge in [-0.25, -0.2) is 4.98 Å². The molecule has 0 aromatic carbocycles. The van der Waals surface area contributed by atoms with Crippen LogP contribution in [0.25, 0.3) is 5.13 Å². The van der Waals surface area contributed by atoms with Crippen LogP contribution in [0.5, 0.6) is 0 Å². The summed E-state index contributed by atoms with van der Waals surface area (Å²) in [5.74, 6) is 0.0333. The summed E-state index contributed by atoms with van der Waals surface area (Å²) in [6.45, 7) is 4.59. The summed E-state index contributed by atoms with van der Waals surface area (Å²) in [5.41, 5.74) is 1.26. The maximum atomic E-state index is 12.1. The Morgan fingerprint density at radius 3 is 3.12 bits per heavy atom. The summed E-state index contributed by atoms with van der Waals surface area (Å²) in [6, 6.07) is 8.73. The Bertz CT molecular complexity index is 868. The maximum absolute atomic E-state index is 12.1. The van der Waals surface area contributed by atoms with Gasteiger partial charge in [-0.1, -0.05) is 0 Å². The van der Waals surface area contributed by atoms with E-state index in [-0.39, 0.29) is 5.91 Å². The molecule has 5 nitrogen and oxygen atoms in total. The van der Waals surface area contributed by atoms with E-state index in [9.17, 15) is 4.79 Å². The van der Waals surface area contributed by atoms with Gasteiger partial charge in [0.05, 0.1) is 4.88 Å². The van der Waals surface area contributed by atoms with Gasteiger partial charge >= 0.3 is 0 Å². The third-order valence-electron chi connectivity index (χ3n) is 4.70. The van der Waals surface area contributed by atoms with Crippen molar-refractivity contribution in [2.24, 2.45) is 0 Å². The molecule has 1 amide bonds. The number of thiophene rings is 1. The molecular formula is C19H22N4OS2. The van der Waals surface area contributed by atoms with Crippen molar-refractivity contribution >= 4 is 28.6 Å². The lowest BCUT2D eigenvalue weighted by atomic mass is 10.2. The number of rotatable bonds is 6. The zero-order chi connectivity index (χ0) is 17.9. The predicted octanol–water partition coefficient (Wildman–Crippen LogP) is 4.08. The normalized spacial score (nSPS) is 17.7. The second kappa shape index (κ2) is 7.73. The third kappa shape index (κ3) is 3.47. The Morgan fingerprint density at radius 2 is 2.31 bits per heavy atom. The number of thiazole rings is 1. The van der Waals surface area contributed by atoms with Crippen LogP contribution in [0.1, 0.15) is 46.0 Å². The minimum atomic E-state index is 0.0333. The Hall–Kier alpha value is -1.96. The molecule has 3 aromatic heterocycles. The molecule has 0 radical (unpaired) electrons. The van der Waals surface area contributed by atoms with Gasteiger partial charge in [-0.15, -0.1) is 22.7 Å². The molecule has 3 aromatic rings. The quantitative estimate of drug-likeness (QED) is 0.694. The standard InChI is InChI=1S/C19H22N4OS2/c1-2-20-18(24)17-8-7-16(26-17)15-6-4-10-22(15)13-14-5-3-11-23(14)19-21-9-12-25-19/h3,5,7-9,11-12,15H,2,4,6,10,13H2,1H3,(H,20,24). The molecule has 0 spiro atoms. The number of amides is 1. The van der Waals surface area contributed by atoms with Gasteiger partial charge in [0.1, 0.15) is 0 Å². The summed E-state index contributed by atoms with van der Waals surface area (Å²) < 4.78 is 2.18. The first-order valence-electron chi connectivity index (χ1n) is 8.94. The molecule has 4 rings (SSSR count). The van der Waals surface area contributed by atoms with Crippen LogP contribution in [0, 0.1) is 0 Å². The van der Waals surface area contributed by atoms with E-state index in [1.165, 1.54) is 17.0 Å². The summed E-state index contributed by atoms with van der Waals surface area (Å²) >= 11 is 3.28. The molecule has 4 heterocycles. The SMILES string of the molecule is CCNC(=O)c1ccc(C2CCCN2Cc2cccn2-c2nccs2)s1. The zero-order valence-corrected chi connectivity index (χ0v) is 16.4. The fraction of sp³-hybridized carbons (Fsp3) is 0.368. The summed E-state index contributed by atoms with van der Waals surface area (Å²) in [5, 5.41) is 5.90. The van der Waals surface area contributed by atoms with Crippen LogP contribution in [0.3, 0.4) is 0 Å². The summed E-state index contributed by atoms with van der Waals surface area (Å²) in [6.07, 6.45) is 6.26. The number of hydrogen-bond acceptors (Lipinski definition) is 5. The molecule has 0 bridgehead atoms. The van der Waals surface area contributed by atoms with E-state index in [1.807, 2.05) is 24.6 Å². The van der Waals surface area contributed by atoms with Crippen LogP contribution in [0.2, 0.25) is 0 Å². The molecule has 1 atom stereocenters. The molecule has 1 aliphatic heterocycles. The highest BCUT2D eigenvalue weighted by atomic mass is 32.1. The first-order valence-corrected chi connectivity index (χ1v) is 10.6. The van der Waals surface area contributed by atoms with Gasteiger partial charge in [0.15, 0.2) is 5.13 Å². The second-order valence-electron chi connectivity index (χ2n) is 6.37. The highest BCUT2D eigenvalue weighted by Gasteiger charge is 2.28. The molecule has 0 aliphatic carbocycles. The number of carbonyl (C=O) groups is 1. The van der Waals surface area contributed by atoms with E-state index in [4.69, 9.17) is 0 Å². The van der Waals surface area contributed by atoms with Crippen molar-refractivity contribution in [2.75, 3.05) is 13.1 Å². The molecular weight excluding hydrogens is 364 g/mol. The van der Waals surface area contributed by atoms with Gasteiger partial charge in [0.2, 0.25) is 0 Å². The summed E-state index contributed by atoms with van der Waals surface area (Å²) in [4.78, 5) is 21.1. The van der Waals surface area contributed by atoms with E-state index in [1.54, 1.807) is 22.7 Å². The molecule has 0 saturated carbocycles. The van der Waals surface area contributed by atoms with Crippen LogP contribution in [-0.4, -0.2) is 33.4 Å². The van der Waals surface area contributed by atoms with E-state index >= 15 is 0 Å². The van der Waals surface area contributed by atoms with E-state index in [0.717, 1.165) is 29.5 Å². The predicted molar refractivity (Wildman–Crippen MR) is 106 cm³/mol. The zero-order valence-electron chi connectivity index (χ0n) is 14.7. The van der Waals surface area contributed by atoms with Crippen LogP contribution < -0.4 is 5.32 Å². The smallest absolute Gasteiger partial charge is 0.261 e. The average Bonchev–Trinajstić information content (AvgIpc) is 3.42. The van der Waals surface area contributed by atoms with Gasteiger partial charge in [0.25, 0.3) is 5.91 Å². The molecule has 1 saturated heterocycles.